The number of hydrogen-bond acceptors (Lipinski definition) is 4. The largest absolute Gasteiger partial charge is 0.396 e. The number of aliphatic hydroxyl groups is 1. The van der Waals surface area contributed by atoms with E-state index in [1.54, 1.807) is 24.3 Å². The van der Waals surface area contributed by atoms with E-state index >= 15 is 0 Å². The average Bonchev–Trinajstić information content (AvgIpc) is 2.77. The van der Waals surface area contributed by atoms with Crippen LogP contribution in [0.4, 0.5) is 5.69 Å². The van der Waals surface area contributed by atoms with E-state index in [1.807, 2.05) is 13.0 Å². The van der Waals surface area contributed by atoms with Gasteiger partial charge in [-0.2, -0.15) is 0 Å². The van der Waals surface area contributed by atoms with Gasteiger partial charge in [0, 0.05) is 12.3 Å². The first kappa shape index (κ1) is 16.5. The molecule has 1 aromatic carbocycles. The Morgan fingerprint density at radius 3 is 2.71 bits per heavy atom. The van der Waals surface area contributed by atoms with Gasteiger partial charge in [0.2, 0.25) is 0 Å². The summed E-state index contributed by atoms with van der Waals surface area (Å²) in [4.78, 5) is 0. The summed E-state index contributed by atoms with van der Waals surface area (Å²) in [6.07, 6.45) is 1.38. The maximum Gasteiger partial charge on any atom is 0.271 e. The molecule has 0 fully saturated rings. The molecule has 0 saturated heterocycles. The van der Waals surface area contributed by atoms with Gasteiger partial charge in [-0.25, -0.2) is 8.42 Å². The highest BCUT2D eigenvalue weighted by Crippen LogP contribution is 2.31. The van der Waals surface area contributed by atoms with Gasteiger partial charge in [0.1, 0.15) is 4.21 Å². The number of rotatable bonds is 6. The molecule has 2 aromatic rings. The van der Waals surface area contributed by atoms with E-state index in [9.17, 15) is 8.42 Å². The summed E-state index contributed by atoms with van der Waals surface area (Å²) < 4.78 is 28.4. The lowest BCUT2D eigenvalue weighted by Crippen LogP contribution is -2.11. The van der Waals surface area contributed by atoms with Crippen molar-refractivity contribution >= 4 is 43.0 Å². The molecule has 2 N–H and O–H groups in total. The number of aryl methyl sites for hydroxylation is 2. The molecule has 7 heteroatoms. The fourth-order valence-electron chi connectivity index (χ4n) is 1.84. The second-order valence-electron chi connectivity index (χ2n) is 4.66. The predicted octanol–water partition coefficient (Wildman–Crippen LogP) is 3.54. The van der Waals surface area contributed by atoms with Crippen LogP contribution in [0.1, 0.15) is 17.5 Å². The smallest absolute Gasteiger partial charge is 0.271 e. The lowest BCUT2D eigenvalue weighted by molar-refractivity contribution is 0.288. The Morgan fingerprint density at radius 2 is 2.10 bits per heavy atom. The number of benzene rings is 1. The van der Waals surface area contributed by atoms with Gasteiger partial charge in [-0.1, -0.05) is 12.1 Å². The van der Waals surface area contributed by atoms with Crippen molar-refractivity contribution < 1.29 is 13.5 Å². The highest BCUT2D eigenvalue weighted by atomic mass is 79.9. The third-order valence-electron chi connectivity index (χ3n) is 2.90. The van der Waals surface area contributed by atoms with Crippen molar-refractivity contribution in [3.8, 4) is 0 Å². The Labute approximate surface area is 137 Å². The Morgan fingerprint density at radius 1 is 1.33 bits per heavy atom. The molecule has 0 saturated carbocycles. The van der Waals surface area contributed by atoms with E-state index in [0.29, 0.717) is 12.1 Å². The molecule has 1 aromatic heterocycles. The van der Waals surface area contributed by atoms with E-state index in [2.05, 4.69) is 20.7 Å². The number of anilines is 1. The second kappa shape index (κ2) is 6.91. The van der Waals surface area contributed by atoms with E-state index in [0.717, 1.165) is 21.3 Å². The van der Waals surface area contributed by atoms with Gasteiger partial charge in [-0.05, 0) is 65.0 Å². The Hall–Kier alpha value is -0.890. The van der Waals surface area contributed by atoms with Crippen LogP contribution >= 0.6 is 27.3 Å². The Balaban J connectivity index is 2.20. The Bertz CT molecular complexity index is 706. The van der Waals surface area contributed by atoms with Gasteiger partial charge >= 0.3 is 0 Å². The number of nitrogens with one attached hydrogen (secondary N) is 1. The Kier molecular flexibility index (Phi) is 5.43. The number of aliphatic hydroxyl groups excluding tert-OH is 1. The summed E-state index contributed by atoms with van der Waals surface area (Å²) in [6, 6.07) is 8.88. The van der Waals surface area contributed by atoms with Crippen LogP contribution in [0.25, 0.3) is 0 Å². The third kappa shape index (κ3) is 4.29. The molecule has 0 aliphatic heterocycles. The zero-order chi connectivity index (χ0) is 15.5. The predicted molar refractivity (Wildman–Crippen MR) is 89.4 cm³/mol. The molecule has 4 nitrogen and oxygen atoms in total. The van der Waals surface area contributed by atoms with Crippen molar-refractivity contribution in [1.29, 1.82) is 0 Å². The standard InChI is InChI=1S/C14H16BrNO3S2/c1-10-8-13(20-14(10)15)21(18,19)16-12-6-2-4-11(9-12)5-3-7-17/h2,4,6,8-9,16-17H,3,5,7H2,1H3. The van der Waals surface area contributed by atoms with Gasteiger partial charge in [-0.15, -0.1) is 11.3 Å². The molecule has 0 amide bonds. The molecule has 21 heavy (non-hydrogen) atoms. The van der Waals surface area contributed by atoms with Crippen LogP contribution in [0.2, 0.25) is 0 Å². The minimum atomic E-state index is -3.56. The number of thiophene rings is 1. The minimum absolute atomic E-state index is 0.123. The van der Waals surface area contributed by atoms with Crippen LogP contribution in [-0.2, 0) is 16.4 Å². The van der Waals surface area contributed by atoms with E-state index in [4.69, 9.17) is 5.11 Å². The second-order valence-corrected chi connectivity index (χ2v) is 8.93. The van der Waals surface area contributed by atoms with Crippen LogP contribution in [-0.4, -0.2) is 20.1 Å². The van der Waals surface area contributed by atoms with Crippen LogP contribution in [0.5, 0.6) is 0 Å². The maximum atomic E-state index is 12.3. The van der Waals surface area contributed by atoms with Crippen LogP contribution in [0, 0.1) is 6.92 Å². The molecule has 0 radical (unpaired) electrons. The van der Waals surface area contributed by atoms with Gasteiger partial charge in [0.05, 0.1) is 3.79 Å². The highest BCUT2D eigenvalue weighted by Gasteiger charge is 2.18. The van der Waals surface area contributed by atoms with Crippen molar-refractivity contribution in [2.24, 2.45) is 0 Å². The number of hydrogen-bond donors (Lipinski definition) is 2. The van der Waals surface area contributed by atoms with Crippen molar-refractivity contribution in [2.45, 2.75) is 24.0 Å². The molecule has 114 valence electrons. The van der Waals surface area contributed by atoms with Gasteiger partial charge in [0.25, 0.3) is 10.0 Å². The van der Waals surface area contributed by atoms with Crippen molar-refractivity contribution in [1.82, 2.24) is 0 Å². The van der Waals surface area contributed by atoms with Crippen LogP contribution in [0.3, 0.4) is 0 Å². The monoisotopic (exact) mass is 389 g/mol. The topological polar surface area (TPSA) is 66.4 Å². The van der Waals surface area contributed by atoms with Crippen molar-refractivity contribution in [3.63, 3.8) is 0 Å². The average molecular weight is 390 g/mol. The van der Waals surface area contributed by atoms with Gasteiger partial charge < -0.3 is 5.11 Å². The third-order valence-corrected chi connectivity index (χ3v) is 6.89. The summed E-state index contributed by atoms with van der Waals surface area (Å²) in [6.45, 7) is 1.98. The fraction of sp³-hybridized carbons (Fsp3) is 0.286. The highest BCUT2D eigenvalue weighted by molar-refractivity contribution is 9.11. The first-order valence-corrected chi connectivity index (χ1v) is 9.50. The SMILES string of the molecule is Cc1cc(S(=O)(=O)Nc2cccc(CCCO)c2)sc1Br. The molecule has 0 aliphatic rings. The quantitative estimate of drug-likeness (QED) is 0.793. The lowest BCUT2D eigenvalue weighted by Gasteiger charge is -2.08. The summed E-state index contributed by atoms with van der Waals surface area (Å²) in [5, 5.41) is 8.85. The normalized spacial score (nSPS) is 11.6. The van der Waals surface area contributed by atoms with Gasteiger partial charge in [0.15, 0.2) is 0 Å². The van der Waals surface area contributed by atoms with Crippen LogP contribution in [0.15, 0.2) is 38.3 Å². The molecule has 0 spiro atoms. The first-order valence-electron chi connectivity index (χ1n) is 6.41. The van der Waals surface area contributed by atoms with E-state index < -0.39 is 10.0 Å². The van der Waals surface area contributed by atoms with Crippen molar-refractivity contribution in [2.75, 3.05) is 11.3 Å². The molecule has 0 bridgehead atoms. The van der Waals surface area contributed by atoms with Crippen LogP contribution < -0.4 is 4.72 Å². The van der Waals surface area contributed by atoms with E-state index in [-0.39, 0.29) is 10.8 Å². The fourth-order valence-corrected chi connectivity index (χ4v) is 5.12. The zero-order valence-electron chi connectivity index (χ0n) is 11.5. The van der Waals surface area contributed by atoms with Gasteiger partial charge in [-0.3, -0.25) is 4.72 Å². The molecule has 0 atom stereocenters. The van der Waals surface area contributed by atoms with E-state index in [1.165, 1.54) is 11.3 Å². The lowest BCUT2D eigenvalue weighted by atomic mass is 10.1. The number of halogens is 1. The number of sulfonamides is 1. The molecular weight excluding hydrogens is 374 g/mol. The molecular formula is C14H16BrNO3S2. The molecule has 0 aliphatic carbocycles. The summed E-state index contributed by atoms with van der Waals surface area (Å²) in [5.41, 5.74) is 2.43. The summed E-state index contributed by atoms with van der Waals surface area (Å²) in [7, 11) is -3.56. The summed E-state index contributed by atoms with van der Waals surface area (Å²) in [5.74, 6) is 0. The van der Waals surface area contributed by atoms with Crippen molar-refractivity contribution in [3.05, 3.63) is 45.2 Å². The molecule has 0 unspecified atom stereocenters. The zero-order valence-corrected chi connectivity index (χ0v) is 14.7. The minimum Gasteiger partial charge on any atom is -0.396 e. The maximum absolute atomic E-state index is 12.3. The summed E-state index contributed by atoms with van der Waals surface area (Å²) >= 11 is 4.53. The molecule has 2 rings (SSSR count). The molecule has 1 heterocycles. The first-order chi connectivity index (χ1) is 9.92.